The molecule has 2 heteroatoms. The van der Waals surface area contributed by atoms with Gasteiger partial charge in [-0.1, -0.05) is 25.5 Å². The minimum atomic E-state index is 0.644. The van der Waals surface area contributed by atoms with Crippen LogP contribution in [0, 0.1) is 12.8 Å². The second kappa shape index (κ2) is 5.15. The number of anilines is 1. The Morgan fingerprint density at radius 1 is 1.31 bits per heavy atom. The van der Waals surface area contributed by atoms with E-state index in [0.29, 0.717) is 5.92 Å². The van der Waals surface area contributed by atoms with E-state index in [0.717, 1.165) is 12.1 Å². The van der Waals surface area contributed by atoms with Gasteiger partial charge in [0.15, 0.2) is 0 Å². The highest BCUT2D eigenvalue weighted by atomic mass is 15.3. The first-order valence-electron chi connectivity index (χ1n) is 6.15. The summed E-state index contributed by atoms with van der Waals surface area (Å²) in [6, 6.07) is 8.34. The van der Waals surface area contributed by atoms with Crippen molar-refractivity contribution in [1.82, 2.24) is 0 Å². The molecule has 86 valence electrons. The van der Waals surface area contributed by atoms with Gasteiger partial charge in [0.05, 0.1) is 5.69 Å². The van der Waals surface area contributed by atoms with E-state index >= 15 is 0 Å². The standard InChI is InChI=1S/C14H20N2/c1-11-6-5-8-13(10-11)15-16-14-9-4-3-7-12(14)2/h5-6,8,10,12,15H,3-4,7,9H2,1-2H3/b16-14-/t12-/m0/s1. The fraction of sp³-hybridized carbons (Fsp3) is 0.500. The quantitative estimate of drug-likeness (QED) is 0.743. The van der Waals surface area contributed by atoms with Gasteiger partial charge in [0.1, 0.15) is 0 Å². The van der Waals surface area contributed by atoms with Crippen molar-refractivity contribution in [3.05, 3.63) is 29.8 Å². The zero-order chi connectivity index (χ0) is 11.4. The third-order valence-corrected chi connectivity index (χ3v) is 3.24. The summed E-state index contributed by atoms with van der Waals surface area (Å²) in [6.07, 6.45) is 5.08. The molecule has 0 spiro atoms. The van der Waals surface area contributed by atoms with Crippen molar-refractivity contribution >= 4 is 11.4 Å². The molecule has 0 saturated heterocycles. The van der Waals surface area contributed by atoms with Crippen LogP contribution < -0.4 is 5.43 Å². The molecule has 0 amide bonds. The topological polar surface area (TPSA) is 24.4 Å². The summed E-state index contributed by atoms with van der Waals surface area (Å²) in [5.41, 5.74) is 6.85. The van der Waals surface area contributed by atoms with Crippen molar-refractivity contribution in [1.29, 1.82) is 0 Å². The molecular formula is C14H20N2. The number of rotatable bonds is 2. The molecule has 0 radical (unpaired) electrons. The Bertz CT molecular complexity index is 382. The predicted molar refractivity (Wildman–Crippen MR) is 69.9 cm³/mol. The molecule has 1 saturated carbocycles. The average molecular weight is 216 g/mol. The van der Waals surface area contributed by atoms with Gasteiger partial charge >= 0.3 is 0 Å². The minimum Gasteiger partial charge on any atom is -0.279 e. The van der Waals surface area contributed by atoms with E-state index in [1.54, 1.807) is 0 Å². The molecule has 1 fully saturated rings. The van der Waals surface area contributed by atoms with Gasteiger partial charge in [0.2, 0.25) is 0 Å². The summed E-state index contributed by atoms with van der Waals surface area (Å²) in [6.45, 7) is 4.37. The zero-order valence-corrected chi connectivity index (χ0v) is 10.2. The van der Waals surface area contributed by atoms with E-state index in [4.69, 9.17) is 0 Å². The highest BCUT2D eigenvalue weighted by Crippen LogP contribution is 2.21. The van der Waals surface area contributed by atoms with Crippen molar-refractivity contribution in [2.45, 2.75) is 39.5 Å². The summed E-state index contributed by atoms with van der Waals surface area (Å²) < 4.78 is 0. The maximum Gasteiger partial charge on any atom is 0.0564 e. The van der Waals surface area contributed by atoms with Crippen LogP contribution >= 0.6 is 0 Å². The molecule has 0 heterocycles. The maximum atomic E-state index is 4.54. The number of hydrazone groups is 1. The zero-order valence-electron chi connectivity index (χ0n) is 10.2. The Morgan fingerprint density at radius 2 is 2.19 bits per heavy atom. The molecule has 1 aromatic carbocycles. The van der Waals surface area contributed by atoms with Gasteiger partial charge in [0, 0.05) is 5.71 Å². The summed E-state index contributed by atoms with van der Waals surface area (Å²) in [5.74, 6) is 0.644. The molecule has 2 nitrogen and oxygen atoms in total. The highest BCUT2D eigenvalue weighted by Gasteiger charge is 2.15. The molecule has 2 rings (SSSR count). The van der Waals surface area contributed by atoms with Crippen LogP contribution in [-0.4, -0.2) is 5.71 Å². The van der Waals surface area contributed by atoms with Gasteiger partial charge in [-0.25, -0.2) is 0 Å². The monoisotopic (exact) mass is 216 g/mol. The Morgan fingerprint density at radius 3 is 2.94 bits per heavy atom. The van der Waals surface area contributed by atoms with Crippen molar-refractivity contribution in [2.75, 3.05) is 5.43 Å². The number of nitrogens with one attached hydrogen (secondary N) is 1. The van der Waals surface area contributed by atoms with Crippen LogP contribution in [0.4, 0.5) is 5.69 Å². The molecule has 1 atom stereocenters. The highest BCUT2D eigenvalue weighted by molar-refractivity contribution is 5.87. The molecule has 1 N–H and O–H groups in total. The van der Waals surface area contributed by atoms with Crippen LogP contribution in [0.25, 0.3) is 0 Å². The van der Waals surface area contributed by atoms with E-state index in [1.807, 2.05) is 0 Å². The Hall–Kier alpha value is -1.31. The molecule has 0 bridgehead atoms. The van der Waals surface area contributed by atoms with Gasteiger partial charge in [-0.15, -0.1) is 0 Å². The Kier molecular flexibility index (Phi) is 3.60. The first kappa shape index (κ1) is 11.2. The van der Waals surface area contributed by atoms with E-state index in [9.17, 15) is 0 Å². The third-order valence-electron chi connectivity index (χ3n) is 3.24. The molecule has 1 aliphatic carbocycles. The lowest BCUT2D eigenvalue weighted by atomic mass is 9.89. The van der Waals surface area contributed by atoms with E-state index < -0.39 is 0 Å². The van der Waals surface area contributed by atoms with Crippen LogP contribution in [0.2, 0.25) is 0 Å². The van der Waals surface area contributed by atoms with Crippen LogP contribution in [0.3, 0.4) is 0 Å². The second-order valence-corrected chi connectivity index (χ2v) is 4.73. The number of hydrogen-bond acceptors (Lipinski definition) is 2. The fourth-order valence-corrected chi connectivity index (χ4v) is 2.19. The summed E-state index contributed by atoms with van der Waals surface area (Å²) >= 11 is 0. The molecule has 16 heavy (non-hydrogen) atoms. The van der Waals surface area contributed by atoms with Gasteiger partial charge in [-0.05, 0) is 49.8 Å². The van der Waals surface area contributed by atoms with Gasteiger partial charge in [0.25, 0.3) is 0 Å². The average Bonchev–Trinajstić information content (AvgIpc) is 2.28. The number of hydrogen-bond donors (Lipinski definition) is 1. The SMILES string of the molecule is Cc1cccc(N/N=C2/CCCC[C@@H]2C)c1. The van der Waals surface area contributed by atoms with Gasteiger partial charge < -0.3 is 0 Å². The Labute approximate surface area is 97.8 Å². The third kappa shape index (κ3) is 2.84. The van der Waals surface area contributed by atoms with Crippen LogP contribution in [-0.2, 0) is 0 Å². The van der Waals surface area contributed by atoms with E-state index in [1.165, 1.54) is 30.5 Å². The lowest BCUT2D eigenvalue weighted by Crippen LogP contribution is -2.17. The lowest BCUT2D eigenvalue weighted by Gasteiger charge is -2.20. The van der Waals surface area contributed by atoms with Crippen molar-refractivity contribution in [3.8, 4) is 0 Å². The van der Waals surface area contributed by atoms with Gasteiger partial charge in [-0.2, -0.15) is 5.10 Å². The number of aryl methyl sites for hydroxylation is 1. The predicted octanol–water partition coefficient (Wildman–Crippen LogP) is 3.97. The molecule has 1 aromatic rings. The summed E-state index contributed by atoms with van der Waals surface area (Å²) in [4.78, 5) is 0. The largest absolute Gasteiger partial charge is 0.279 e. The Balaban J connectivity index is 2.02. The van der Waals surface area contributed by atoms with Crippen LogP contribution in [0.1, 0.15) is 38.2 Å². The number of nitrogens with zero attached hydrogens (tertiary/aromatic N) is 1. The van der Waals surface area contributed by atoms with Gasteiger partial charge in [-0.3, -0.25) is 5.43 Å². The lowest BCUT2D eigenvalue weighted by molar-refractivity contribution is 0.558. The van der Waals surface area contributed by atoms with Crippen LogP contribution in [0.5, 0.6) is 0 Å². The number of benzene rings is 1. The smallest absolute Gasteiger partial charge is 0.0564 e. The molecular weight excluding hydrogens is 196 g/mol. The van der Waals surface area contributed by atoms with Crippen molar-refractivity contribution in [2.24, 2.45) is 11.0 Å². The second-order valence-electron chi connectivity index (χ2n) is 4.73. The summed E-state index contributed by atoms with van der Waals surface area (Å²) in [7, 11) is 0. The normalized spacial score (nSPS) is 23.4. The minimum absolute atomic E-state index is 0.644. The first-order chi connectivity index (χ1) is 7.75. The van der Waals surface area contributed by atoms with E-state index in [-0.39, 0.29) is 0 Å². The van der Waals surface area contributed by atoms with E-state index in [2.05, 4.69) is 48.6 Å². The molecule has 0 aliphatic heterocycles. The maximum absolute atomic E-state index is 4.54. The molecule has 0 aromatic heterocycles. The molecule has 1 aliphatic rings. The van der Waals surface area contributed by atoms with Crippen LogP contribution in [0.15, 0.2) is 29.4 Å². The first-order valence-corrected chi connectivity index (χ1v) is 6.15. The fourth-order valence-electron chi connectivity index (χ4n) is 2.19. The van der Waals surface area contributed by atoms with Crippen molar-refractivity contribution in [3.63, 3.8) is 0 Å². The van der Waals surface area contributed by atoms with Crippen molar-refractivity contribution < 1.29 is 0 Å². The summed E-state index contributed by atoms with van der Waals surface area (Å²) in [5, 5.41) is 4.54. The molecule has 0 unspecified atom stereocenters.